The summed E-state index contributed by atoms with van der Waals surface area (Å²) in [7, 11) is 0. The zero-order valence-electron chi connectivity index (χ0n) is 13.1. The van der Waals surface area contributed by atoms with Crippen molar-refractivity contribution in [3.8, 4) is 5.75 Å². The second-order valence-electron chi connectivity index (χ2n) is 5.64. The lowest BCUT2D eigenvalue weighted by Gasteiger charge is -2.25. The molecule has 0 radical (unpaired) electrons. The van der Waals surface area contributed by atoms with E-state index in [0.717, 1.165) is 4.88 Å². The van der Waals surface area contributed by atoms with E-state index in [2.05, 4.69) is 5.32 Å². The lowest BCUT2D eigenvalue weighted by Crippen LogP contribution is -2.47. The Morgan fingerprint density at radius 1 is 1.35 bits per heavy atom. The van der Waals surface area contributed by atoms with Gasteiger partial charge in [-0.2, -0.15) is 0 Å². The van der Waals surface area contributed by atoms with Gasteiger partial charge in [0.15, 0.2) is 5.60 Å². The van der Waals surface area contributed by atoms with Crippen LogP contribution in [0.3, 0.4) is 0 Å². The summed E-state index contributed by atoms with van der Waals surface area (Å²) < 4.78 is 5.72. The SMILES string of the molecule is CC(C)(Oc1ccc(Cl)cc1)C(=O)NCC[C@@H](O)c1cccs1. The summed E-state index contributed by atoms with van der Waals surface area (Å²) in [5.74, 6) is 0.346. The van der Waals surface area contributed by atoms with E-state index >= 15 is 0 Å². The quantitative estimate of drug-likeness (QED) is 0.796. The monoisotopic (exact) mass is 353 g/mol. The molecule has 0 aliphatic rings. The molecule has 0 fully saturated rings. The van der Waals surface area contributed by atoms with Gasteiger partial charge in [-0.25, -0.2) is 0 Å². The van der Waals surface area contributed by atoms with Gasteiger partial charge >= 0.3 is 0 Å². The average molecular weight is 354 g/mol. The third-order valence-corrected chi connectivity index (χ3v) is 4.53. The Labute approximate surface area is 145 Å². The molecule has 23 heavy (non-hydrogen) atoms. The maximum Gasteiger partial charge on any atom is 0.263 e. The molecule has 1 atom stereocenters. The minimum atomic E-state index is -1.01. The third-order valence-electron chi connectivity index (χ3n) is 3.31. The molecule has 2 N–H and O–H groups in total. The second-order valence-corrected chi connectivity index (χ2v) is 7.06. The van der Waals surface area contributed by atoms with E-state index in [-0.39, 0.29) is 5.91 Å². The van der Waals surface area contributed by atoms with Crippen LogP contribution in [0.5, 0.6) is 5.75 Å². The zero-order valence-corrected chi connectivity index (χ0v) is 14.7. The summed E-state index contributed by atoms with van der Waals surface area (Å²) >= 11 is 7.33. The Morgan fingerprint density at radius 2 is 2.04 bits per heavy atom. The first-order valence-electron chi connectivity index (χ1n) is 7.33. The predicted molar refractivity (Wildman–Crippen MR) is 93.1 cm³/mol. The molecule has 0 saturated heterocycles. The number of benzene rings is 1. The first kappa shape index (κ1) is 17.8. The first-order valence-corrected chi connectivity index (χ1v) is 8.58. The minimum absolute atomic E-state index is 0.231. The molecular formula is C17H20ClNO3S. The molecule has 1 aromatic carbocycles. The molecule has 1 amide bonds. The number of aliphatic hydroxyl groups excluding tert-OH is 1. The van der Waals surface area contributed by atoms with Gasteiger partial charge in [-0.05, 0) is 56.0 Å². The molecule has 0 aliphatic carbocycles. The molecule has 124 valence electrons. The van der Waals surface area contributed by atoms with E-state index in [0.29, 0.717) is 23.7 Å². The van der Waals surface area contributed by atoms with Crippen LogP contribution in [0.25, 0.3) is 0 Å². The number of carbonyl (C=O) groups is 1. The largest absolute Gasteiger partial charge is 0.478 e. The number of ether oxygens (including phenoxy) is 1. The van der Waals surface area contributed by atoms with Gasteiger partial charge in [-0.3, -0.25) is 4.79 Å². The van der Waals surface area contributed by atoms with E-state index in [1.54, 1.807) is 38.1 Å². The molecule has 6 heteroatoms. The van der Waals surface area contributed by atoms with Crippen LogP contribution in [0.2, 0.25) is 5.02 Å². The Kier molecular flexibility index (Phi) is 6.04. The molecule has 1 aromatic heterocycles. The van der Waals surface area contributed by atoms with Crippen LogP contribution in [-0.2, 0) is 4.79 Å². The van der Waals surface area contributed by atoms with E-state index < -0.39 is 11.7 Å². The van der Waals surface area contributed by atoms with Crippen molar-refractivity contribution in [3.05, 3.63) is 51.7 Å². The van der Waals surface area contributed by atoms with Gasteiger partial charge in [0.2, 0.25) is 0 Å². The highest BCUT2D eigenvalue weighted by Crippen LogP contribution is 2.22. The van der Waals surface area contributed by atoms with Gasteiger partial charge in [0, 0.05) is 16.4 Å². The van der Waals surface area contributed by atoms with E-state index in [4.69, 9.17) is 16.3 Å². The summed E-state index contributed by atoms with van der Waals surface area (Å²) in [6, 6.07) is 10.6. The average Bonchev–Trinajstić information content (AvgIpc) is 3.03. The van der Waals surface area contributed by atoms with Crippen LogP contribution in [-0.4, -0.2) is 23.2 Å². The van der Waals surface area contributed by atoms with Crippen molar-refractivity contribution >= 4 is 28.8 Å². The van der Waals surface area contributed by atoms with Crippen molar-refractivity contribution < 1.29 is 14.6 Å². The van der Waals surface area contributed by atoms with Crippen LogP contribution in [0.1, 0.15) is 31.2 Å². The fraction of sp³-hybridized carbons (Fsp3) is 0.353. The molecule has 0 spiro atoms. The van der Waals surface area contributed by atoms with Gasteiger partial charge in [0.25, 0.3) is 5.91 Å². The fourth-order valence-corrected chi connectivity index (χ4v) is 2.87. The van der Waals surface area contributed by atoms with Crippen LogP contribution in [0.15, 0.2) is 41.8 Å². The number of nitrogens with one attached hydrogen (secondary N) is 1. The number of hydrogen-bond donors (Lipinski definition) is 2. The first-order chi connectivity index (χ1) is 10.9. The van der Waals surface area contributed by atoms with Gasteiger partial charge in [-0.15, -0.1) is 11.3 Å². The van der Waals surface area contributed by atoms with Crippen LogP contribution >= 0.6 is 22.9 Å². The highest BCUT2D eigenvalue weighted by Gasteiger charge is 2.29. The van der Waals surface area contributed by atoms with Crippen molar-refractivity contribution in [2.75, 3.05) is 6.54 Å². The molecule has 0 aliphatic heterocycles. The van der Waals surface area contributed by atoms with Crippen molar-refractivity contribution in [3.63, 3.8) is 0 Å². The van der Waals surface area contributed by atoms with E-state index in [1.165, 1.54) is 11.3 Å². The molecule has 0 saturated carbocycles. The zero-order chi connectivity index (χ0) is 16.9. The third kappa shape index (κ3) is 5.23. The standard InChI is InChI=1S/C17H20ClNO3S/c1-17(2,22-13-7-5-12(18)6-8-13)16(21)19-10-9-14(20)15-4-3-11-23-15/h3-8,11,14,20H,9-10H2,1-2H3,(H,19,21)/t14-/m1/s1. The topological polar surface area (TPSA) is 58.6 Å². The Hall–Kier alpha value is -1.56. The number of amides is 1. The number of carbonyl (C=O) groups excluding carboxylic acids is 1. The molecular weight excluding hydrogens is 334 g/mol. The van der Waals surface area contributed by atoms with Gasteiger partial charge in [0.05, 0.1) is 6.10 Å². The highest BCUT2D eigenvalue weighted by atomic mass is 35.5. The predicted octanol–water partition coefficient (Wildman–Crippen LogP) is 3.80. The number of thiophene rings is 1. The number of aliphatic hydroxyl groups is 1. The molecule has 0 unspecified atom stereocenters. The normalized spacial score (nSPS) is 12.7. The maximum atomic E-state index is 12.3. The number of halogens is 1. The minimum Gasteiger partial charge on any atom is -0.478 e. The lowest BCUT2D eigenvalue weighted by atomic mass is 10.1. The van der Waals surface area contributed by atoms with Crippen LogP contribution in [0, 0.1) is 0 Å². The highest BCUT2D eigenvalue weighted by molar-refractivity contribution is 7.10. The summed E-state index contributed by atoms with van der Waals surface area (Å²) in [6.07, 6.45) is -0.0980. The molecule has 1 heterocycles. The van der Waals surface area contributed by atoms with E-state index in [9.17, 15) is 9.90 Å². The summed E-state index contributed by atoms with van der Waals surface area (Å²) in [6.45, 7) is 3.78. The van der Waals surface area contributed by atoms with Crippen LogP contribution in [0.4, 0.5) is 0 Å². The maximum absolute atomic E-state index is 12.3. The smallest absolute Gasteiger partial charge is 0.263 e. The Balaban J connectivity index is 1.82. The van der Waals surface area contributed by atoms with Crippen molar-refractivity contribution in [1.29, 1.82) is 0 Å². The van der Waals surface area contributed by atoms with Crippen LogP contribution < -0.4 is 10.1 Å². The van der Waals surface area contributed by atoms with Crippen molar-refractivity contribution in [2.24, 2.45) is 0 Å². The van der Waals surface area contributed by atoms with Crippen molar-refractivity contribution in [2.45, 2.75) is 32.0 Å². The van der Waals surface area contributed by atoms with Gasteiger partial charge in [-0.1, -0.05) is 17.7 Å². The molecule has 0 bridgehead atoms. The van der Waals surface area contributed by atoms with Crippen molar-refractivity contribution in [1.82, 2.24) is 5.32 Å². The second kappa shape index (κ2) is 7.81. The lowest BCUT2D eigenvalue weighted by molar-refractivity contribution is -0.134. The summed E-state index contributed by atoms with van der Waals surface area (Å²) in [5, 5.41) is 15.3. The van der Waals surface area contributed by atoms with E-state index in [1.807, 2.05) is 17.5 Å². The Morgan fingerprint density at radius 3 is 2.65 bits per heavy atom. The molecule has 4 nitrogen and oxygen atoms in total. The van der Waals surface area contributed by atoms with Gasteiger partial charge < -0.3 is 15.2 Å². The molecule has 2 aromatic rings. The summed E-state index contributed by atoms with van der Waals surface area (Å²) in [5.41, 5.74) is -1.01. The summed E-state index contributed by atoms with van der Waals surface area (Å²) in [4.78, 5) is 13.2. The fourth-order valence-electron chi connectivity index (χ4n) is 2.00. The Bertz CT molecular complexity index is 626. The van der Waals surface area contributed by atoms with Gasteiger partial charge in [0.1, 0.15) is 5.75 Å². The number of rotatable bonds is 7. The molecule has 2 rings (SSSR count). The number of hydrogen-bond acceptors (Lipinski definition) is 4.